The van der Waals surface area contributed by atoms with Gasteiger partial charge in [0.1, 0.15) is 5.56 Å². The van der Waals surface area contributed by atoms with Crippen LogP contribution in [-0.4, -0.2) is 15.6 Å². The molecule has 0 amide bonds. The maximum atomic E-state index is 12.4. The van der Waals surface area contributed by atoms with Gasteiger partial charge in [0.25, 0.3) is 0 Å². The molecule has 4 nitrogen and oxygen atoms in total. The van der Waals surface area contributed by atoms with Crippen LogP contribution in [-0.2, 0) is 0 Å². The SMILES string of the molecule is O=C(O)c1cn(-c2ccc(-c3ccccc3)cc2)c2ccccc2c1=O. The quantitative estimate of drug-likeness (QED) is 0.602. The van der Waals surface area contributed by atoms with Gasteiger partial charge in [0.2, 0.25) is 5.43 Å². The molecule has 0 aliphatic carbocycles. The van der Waals surface area contributed by atoms with Crippen LogP contribution in [0.1, 0.15) is 10.4 Å². The van der Waals surface area contributed by atoms with Crippen LogP contribution in [0, 0.1) is 0 Å². The van der Waals surface area contributed by atoms with E-state index < -0.39 is 11.4 Å². The van der Waals surface area contributed by atoms with Gasteiger partial charge in [-0.3, -0.25) is 4.79 Å². The van der Waals surface area contributed by atoms with E-state index in [2.05, 4.69) is 0 Å². The number of fused-ring (bicyclic) bond motifs is 1. The number of aromatic carboxylic acids is 1. The van der Waals surface area contributed by atoms with Crippen molar-refractivity contribution in [1.82, 2.24) is 4.57 Å². The van der Waals surface area contributed by atoms with Crippen LogP contribution in [0.5, 0.6) is 0 Å². The molecular weight excluding hydrogens is 326 g/mol. The summed E-state index contributed by atoms with van der Waals surface area (Å²) in [6, 6.07) is 24.8. The van der Waals surface area contributed by atoms with E-state index in [1.807, 2.05) is 66.7 Å². The maximum Gasteiger partial charge on any atom is 0.341 e. The second kappa shape index (κ2) is 6.33. The first kappa shape index (κ1) is 15.8. The fraction of sp³-hybridized carbons (Fsp3) is 0. The minimum atomic E-state index is -1.23. The van der Waals surface area contributed by atoms with Crippen molar-refractivity contribution in [2.45, 2.75) is 0 Å². The van der Waals surface area contributed by atoms with Crippen molar-refractivity contribution < 1.29 is 9.90 Å². The molecular formula is C22H15NO3. The number of carboxylic acid groups (broad SMARTS) is 1. The number of carboxylic acids is 1. The van der Waals surface area contributed by atoms with Crippen LogP contribution in [0.4, 0.5) is 0 Å². The van der Waals surface area contributed by atoms with Crippen LogP contribution in [0.25, 0.3) is 27.7 Å². The average molecular weight is 341 g/mol. The molecule has 1 N–H and O–H groups in total. The third kappa shape index (κ3) is 2.67. The highest BCUT2D eigenvalue weighted by atomic mass is 16.4. The molecule has 0 atom stereocenters. The van der Waals surface area contributed by atoms with Gasteiger partial charge in [0, 0.05) is 17.3 Å². The number of hydrogen-bond acceptors (Lipinski definition) is 2. The summed E-state index contributed by atoms with van der Waals surface area (Å²) in [7, 11) is 0. The number of benzene rings is 3. The zero-order valence-corrected chi connectivity index (χ0v) is 13.8. The Morgan fingerprint density at radius 1 is 0.769 bits per heavy atom. The molecule has 4 heteroatoms. The largest absolute Gasteiger partial charge is 0.477 e. The lowest BCUT2D eigenvalue weighted by molar-refractivity contribution is 0.0695. The summed E-state index contributed by atoms with van der Waals surface area (Å²) in [6.45, 7) is 0. The van der Waals surface area contributed by atoms with Gasteiger partial charge in [0.05, 0.1) is 5.52 Å². The lowest BCUT2D eigenvalue weighted by Gasteiger charge is -2.13. The van der Waals surface area contributed by atoms with Crippen molar-refractivity contribution in [3.8, 4) is 16.8 Å². The molecule has 1 heterocycles. The molecule has 4 aromatic rings. The molecule has 0 unspecified atom stereocenters. The smallest absolute Gasteiger partial charge is 0.341 e. The maximum absolute atomic E-state index is 12.4. The number of pyridine rings is 1. The molecule has 0 bridgehead atoms. The molecule has 126 valence electrons. The molecule has 0 radical (unpaired) electrons. The van der Waals surface area contributed by atoms with E-state index in [-0.39, 0.29) is 5.56 Å². The highest BCUT2D eigenvalue weighted by Crippen LogP contribution is 2.23. The molecule has 0 aliphatic rings. The van der Waals surface area contributed by atoms with E-state index in [0.717, 1.165) is 16.8 Å². The van der Waals surface area contributed by atoms with E-state index in [0.29, 0.717) is 10.9 Å². The standard InChI is InChI=1S/C22H15NO3/c24-21-18-8-4-5-9-20(18)23(14-19(21)22(25)26)17-12-10-16(11-13-17)15-6-2-1-3-7-15/h1-14H,(H,25,26). The molecule has 0 fully saturated rings. The highest BCUT2D eigenvalue weighted by molar-refractivity contribution is 5.93. The van der Waals surface area contributed by atoms with Crippen molar-refractivity contribution in [3.63, 3.8) is 0 Å². The predicted octanol–water partition coefficient (Wildman–Crippen LogP) is 4.36. The molecule has 4 rings (SSSR count). The number of carbonyl (C=O) groups is 1. The van der Waals surface area contributed by atoms with E-state index in [1.54, 1.807) is 16.7 Å². The van der Waals surface area contributed by atoms with Gasteiger partial charge in [-0.1, -0.05) is 54.6 Å². The monoisotopic (exact) mass is 341 g/mol. The fourth-order valence-corrected chi connectivity index (χ4v) is 3.09. The lowest BCUT2D eigenvalue weighted by atomic mass is 10.1. The van der Waals surface area contributed by atoms with Gasteiger partial charge in [-0.05, 0) is 35.4 Å². The summed E-state index contributed by atoms with van der Waals surface area (Å²) in [6.07, 6.45) is 1.39. The Morgan fingerprint density at radius 3 is 2.08 bits per heavy atom. The summed E-state index contributed by atoms with van der Waals surface area (Å²) < 4.78 is 1.74. The topological polar surface area (TPSA) is 59.3 Å². The Hall–Kier alpha value is -3.66. The molecule has 26 heavy (non-hydrogen) atoms. The number of hydrogen-bond donors (Lipinski definition) is 1. The van der Waals surface area contributed by atoms with Crippen molar-refractivity contribution >= 4 is 16.9 Å². The Morgan fingerprint density at radius 2 is 1.38 bits per heavy atom. The fourth-order valence-electron chi connectivity index (χ4n) is 3.09. The summed E-state index contributed by atoms with van der Waals surface area (Å²) in [5, 5.41) is 9.76. The van der Waals surface area contributed by atoms with Crippen LogP contribution in [0.15, 0.2) is 89.9 Å². The van der Waals surface area contributed by atoms with Crippen molar-refractivity contribution in [2.75, 3.05) is 0 Å². The molecule has 0 spiro atoms. The number of rotatable bonds is 3. The van der Waals surface area contributed by atoms with E-state index in [9.17, 15) is 14.7 Å². The zero-order valence-electron chi connectivity index (χ0n) is 13.8. The highest BCUT2D eigenvalue weighted by Gasteiger charge is 2.15. The molecule has 3 aromatic carbocycles. The Labute approximate surface area is 149 Å². The summed E-state index contributed by atoms with van der Waals surface area (Å²) in [5.74, 6) is -1.23. The Bertz CT molecular complexity index is 1160. The first-order valence-corrected chi connectivity index (χ1v) is 8.19. The van der Waals surface area contributed by atoms with Crippen molar-refractivity contribution in [1.29, 1.82) is 0 Å². The minimum Gasteiger partial charge on any atom is -0.477 e. The second-order valence-electron chi connectivity index (χ2n) is 5.98. The first-order valence-electron chi connectivity index (χ1n) is 8.19. The zero-order chi connectivity index (χ0) is 18.1. The third-order valence-corrected chi connectivity index (χ3v) is 4.39. The summed E-state index contributed by atoms with van der Waals surface area (Å²) in [4.78, 5) is 23.9. The van der Waals surface area contributed by atoms with Crippen molar-refractivity contribution in [3.05, 3.63) is 101 Å². The van der Waals surface area contributed by atoms with Crippen molar-refractivity contribution in [2.24, 2.45) is 0 Å². The van der Waals surface area contributed by atoms with Crippen LogP contribution in [0.3, 0.4) is 0 Å². The molecule has 0 aliphatic heterocycles. The van der Waals surface area contributed by atoms with Gasteiger partial charge in [-0.2, -0.15) is 0 Å². The van der Waals surface area contributed by atoms with Crippen LogP contribution < -0.4 is 5.43 Å². The van der Waals surface area contributed by atoms with Crippen LogP contribution >= 0.6 is 0 Å². The van der Waals surface area contributed by atoms with E-state index in [4.69, 9.17) is 0 Å². The van der Waals surface area contributed by atoms with E-state index in [1.165, 1.54) is 6.20 Å². The van der Waals surface area contributed by atoms with E-state index >= 15 is 0 Å². The molecule has 0 saturated carbocycles. The average Bonchev–Trinajstić information content (AvgIpc) is 2.69. The van der Waals surface area contributed by atoms with Crippen LogP contribution in [0.2, 0.25) is 0 Å². The Kier molecular flexibility index (Phi) is 3.86. The van der Waals surface area contributed by atoms with Gasteiger partial charge >= 0.3 is 5.97 Å². The first-order chi connectivity index (χ1) is 12.6. The molecule has 1 aromatic heterocycles. The third-order valence-electron chi connectivity index (χ3n) is 4.39. The van der Waals surface area contributed by atoms with Gasteiger partial charge in [0.15, 0.2) is 0 Å². The summed E-state index contributed by atoms with van der Waals surface area (Å²) in [5.41, 5.74) is 2.94. The number of aromatic nitrogens is 1. The van der Waals surface area contributed by atoms with Gasteiger partial charge in [-0.25, -0.2) is 4.79 Å². The normalized spacial score (nSPS) is 10.8. The summed E-state index contributed by atoms with van der Waals surface area (Å²) >= 11 is 0. The van der Waals surface area contributed by atoms with Gasteiger partial charge < -0.3 is 9.67 Å². The predicted molar refractivity (Wildman–Crippen MR) is 102 cm³/mol. The minimum absolute atomic E-state index is 0.240. The second-order valence-corrected chi connectivity index (χ2v) is 5.98. The number of nitrogens with zero attached hydrogens (tertiary/aromatic N) is 1. The Balaban J connectivity index is 1.90. The number of para-hydroxylation sites is 1. The lowest BCUT2D eigenvalue weighted by Crippen LogP contribution is -2.18. The molecule has 0 saturated heterocycles. The van der Waals surface area contributed by atoms with Gasteiger partial charge in [-0.15, -0.1) is 0 Å².